The lowest BCUT2D eigenvalue weighted by Gasteiger charge is -2.17. The van der Waals surface area contributed by atoms with Gasteiger partial charge in [-0.15, -0.1) is 0 Å². The molecule has 1 aromatic carbocycles. The molecule has 0 aliphatic rings. The van der Waals surface area contributed by atoms with Crippen molar-refractivity contribution in [2.75, 3.05) is 5.73 Å². The molecule has 25 heavy (non-hydrogen) atoms. The van der Waals surface area contributed by atoms with Gasteiger partial charge in [0.15, 0.2) is 0 Å². The van der Waals surface area contributed by atoms with E-state index in [1.165, 1.54) is 0 Å². The number of hydrogen-bond acceptors (Lipinski definition) is 4. The molecular formula is C14H8ClF3N2O5. The fourth-order valence-corrected chi connectivity index (χ4v) is 2.46. The normalized spacial score (nSPS) is 11.4. The quantitative estimate of drug-likeness (QED) is 0.650. The van der Waals surface area contributed by atoms with Crippen LogP contribution in [0.3, 0.4) is 0 Å². The van der Waals surface area contributed by atoms with Crippen molar-refractivity contribution in [3.05, 3.63) is 50.3 Å². The number of carboxylic acids is 2. The van der Waals surface area contributed by atoms with Gasteiger partial charge in [0, 0.05) is 10.6 Å². The van der Waals surface area contributed by atoms with E-state index in [4.69, 9.17) is 17.3 Å². The van der Waals surface area contributed by atoms with Crippen molar-refractivity contribution in [2.45, 2.75) is 6.18 Å². The SMILES string of the molecule is Nc1[nH]c(=O)c(C(=O)O)c(-c2cc(Cl)ccc2C(F)(F)F)c1C(=O)O. The Morgan fingerprint density at radius 3 is 2.16 bits per heavy atom. The summed E-state index contributed by atoms with van der Waals surface area (Å²) in [7, 11) is 0. The molecule has 1 aromatic heterocycles. The first kappa shape index (κ1) is 18.3. The number of halogens is 4. The summed E-state index contributed by atoms with van der Waals surface area (Å²) < 4.78 is 39.8. The number of H-pyrrole nitrogens is 1. The number of aromatic carboxylic acids is 2. The number of anilines is 1. The van der Waals surface area contributed by atoms with Gasteiger partial charge < -0.3 is 20.9 Å². The topological polar surface area (TPSA) is 133 Å². The fraction of sp³-hybridized carbons (Fsp3) is 0.0714. The monoisotopic (exact) mass is 376 g/mol. The molecule has 0 spiro atoms. The number of hydrogen-bond donors (Lipinski definition) is 4. The smallest absolute Gasteiger partial charge is 0.417 e. The molecule has 2 rings (SSSR count). The van der Waals surface area contributed by atoms with Crippen LogP contribution in [0, 0.1) is 0 Å². The molecule has 0 bridgehead atoms. The Kier molecular flexibility index (Phi) is 4.49. The molecule has 0 saturated heterocycles. The van der Waals surface area contributed by atoms with E-state index in [0.29, 0.717) is 6.07 Å². The molecular weight excluding hydrogens is 369 g/mol. The summed E-state index contributed by atoms with van der Waals surface area (Å²) in [6.07, 6.45) is -4.97. The average Bonchev–Trinajstić information content (AvgIpc) is 2.43. The standard InChI is InChI=1S/C14H8ClF3N2O5/c15-4-1-2-6(14(16,17)18)5(3-4)7-8(12(22)23)10(19)20-11(21)9(7)13(24)25/h1-3H,(H,22,23)(H,24,25)(H3,19,20,21). The molecule has 0 atom stereocenters. The maximum atomic E-state index is 13.3. The fourth-order valence-electron chi connectivity index (χ4n) is 2.29. The summed E-state index contributed by atoms with van der Waals surface area (Å²) in [5.41, 5.74) is -1.37. The van der Waals surface area contributed by atoms with E-state index in [1.54, 1.807) is 4.98 Å². The Bertz CT molecular complexity index is 953. The molecule has 0 fully saturated rings. The van der Waals surface area contributed by atoms with E-state index < -0.39 is 57.3 Å². The van der Waals surface area contributed by atoms with Crippen LogP contribution in [0.25, 0.3) is 11.1 Å². The Balaban J connectivity index is 3.12. The van der Waals surface area contributed by atoms with E-state index in [1.807, 2.05) is 0 Å². The minimum Gasteiger partial charge on any atom is -0.478 e. The number of nitrogen functional groups attached to an aromatic ring is 1. The van der Waals surface area contributed by atoms with Crippen LogP contribution >= 0.6 is 11.6 Å². The highest BCUT2D eigenvalue weighted by molar-refractivity contribution is 6.31. The van der Waals surface area contributed by atoms with E-state index in [0.717, 1.165) is 12.1 Å². The van der Waals surface area contributed by atoms with Gasteiger partial charge in [0.1, 0.15) is 16.9 Å². The number of carboxylic acid groups (broad SMARTS) is 2. The number of benzene rings is 1. The van der Waals surface area contributed by atoms with Crippen LogP contribution in [0.4, 0.5) is 19.0 Å². The Labute approximate surface area is 141 Å². The largest absolute Gasteiger partial charge is 0.478 e. The van der Waals surface area contributed by atoms with Crippen molar-refractivity contribution in [3.8, 4) is 11.1 Å². The molecule has 2 aromatic rings. The van der Waals surface area contributed by atoms with Gasteiger partial charge >= 0.3 is 18.1 Å². The van der Waals surface area contributed by atoms with Gasteiger partial charge in [-0.1, -0.05) is 11.6 Å². The van der Waals surface area contributed by atoms with Crippen molar-refractivity contribution >= 4 is 29.4 Å². The van der Waals surface area contributed by atoms with Gasteiger partial charge in [-0.05, 0) is 23.8 Å². The Morgan fingerprint density at radius 2 is 1.68 bits per heavy atom. The van der Waals surface area contributed by atoms with E-state index in [2.05, 4.69) is 0 Å². The van der Waals surface area contributed by atoms with Gasteiger partial charge in [-0.25, -0.2) is 9.59 Å². The predicted octanol–water partition coefficient (Wildman–Crippen LogP) is 2.69. The third-order valence-corrected chi connectivity index (χ3v) is 3.46. The summed E-state index contributed by atoms with van der Waals surface area (Å²) in [6.45, 7) is 0. The molecule has 7 nitrogen and oxygen atoms in total. The molecule has 0 aliphatic carbocycles. The van der Waals surface area contributed by atoms with E-state index >= 15 is 0 Å². The zero-order valence-corrected chi connectivity index (χ0v) is 12.7. The predicted molar refractivity (Wildman–Crippen MR) is 80.8 cm³/mol. The van der Waals surface area contributed by atoms with Gasteiger partial charge in [0.25, 0.3) is 5.56 Å². The summed E-state index contributed by atoms with van der Waals surface area (Å²) >= 11 is 5.68. The number of aromatic amines is 1. The van der Waals surface area contributed by atoms with Crippen molar-refractivity contribution in [3.63, 3.8) is 0 Å². The van der Waals surface area contributed by atoms with Crippen LogP contribution in [0.1, 0.15) is 26.3 Å². The minimum atomic E-state index is -4.97. The minimum absolute atomic E-state index is 0.227. The van der Waals surface area contributed by atoms with Gasteiger partial charge in [0.2, 0.25) is 0 Å². The number of nitrogens with two attached hydrogens (primary N) is 1. The lowest BCUT2D eigenvalue weighted by atomic mass is 9.91. The zero-order valence-electron chi connectivity index (χ0n) is 11.9. The molecule has 5 N–H and O–H groups in total. The Hall–Kier alpha value is -3.01. The van der Waals surface area contributed by atoms with E-state index in [-0.39, 0.29) is 5.02 Å². The van der Waals surface area contributed by atoms with Crippen LogP contribution in [-0.4, -0.2) is 27.1 Å². The molecule has 11 heteroatoms. The molecule has 0 aliphatic heterocycles. The van der Waals surface area contributed by atoms with Crippen molar-refractivity contribution in [1.29, 1.82) is 0 Å². The number of carbonyl (C=O) groups is 2. The molecule has 132 valence electrons. The van der Waals surface area contributed by atoms with Crippen LogP contribution in [0.2, 0.25) is 5.02 Å². The number of alkyl halides is 3. The van der Waals surface area contributed by atoms with Crippen LogP contribution in [-0.2, 0) is 6.18 Å². The number of nitrogens with one attached hydrogen (secondary N) is 1. The molecule has 0 amide bonds. The van der Waals surface area contributed by atoms with Crippen LogP contribution in [0.5, 0.6) is 0 Å². The first-order valence-corrected chi connectivity index (χ1v) is 6.72. The van der Waals surface area contributed by atoms with Gasteiger partial charge in [-0.2, -0.15) is 13.2 Å². The molecule has 1 heterocycles. The van der Waals surface area contributed by atoms with Crippen molar-refractivity contribution < 1.29 is 33.0 Å². The first-order chi connectivity index (χ1) is 11.4. The highest BCUT2D eigenvalue weighted by Gasteiger charge is 2.37. The molecule has 0 radical (unpaired) electrons. The van der Waals surface area contributed by atoms with Gasteiger partial charge in [0.05, 0.1) is 5.56 Å². The van der Waals surface area contributed by atoms with Crippen LogP contribution in [0.15, 0.2) is 23.0 Å². The maximum absolute atomic E-state index is 13.3. The zero-order chi connectivity index (χ0) is 19.1. The third kappa shape index (κ3) is 3.29. The van der Waals surface area contributed by atoms with Crippen LogP contribution < -0.4 is 11.3 Å². The average molecular weight is 377 g/mol. The number of aromatic nitrogens is 1. The van der Waals surface area contributed by atoms with E-state index in [9.17, 15) is 37.8 Å². The third-order valence-electron chi connectivity index (χ3n) is 3.23. The Morgan fingerprint density at radius 1 is 1.12 bits per heavy atom. The summed E-state index contributed by atoms with van der Waals surface area (Å²) in [5, 5.41) is 18.2. The molecule has 0 saturated carbocycles. The highest BCUT2D eigenvalue weighted by Crippen LogP contribution is 2.41. The summed E-state index contributed by atoms with van der Waals surface area (Å²) in [5.74, 6) is -4.53. The van der Waals surface area contributed by atoms with Gasteiger partial charge in [-0.3, -0.25) is 4.79 Å². The first-order valence-electron chi connectivity index (χ1n) is 6.34. The maximum Gasteiger partial charge on any atom is 0.417 e. The molecule has 0 unspecified atom stereocenters. The second-order valence-electron chi connectivity index (χ2n) is 4.79. The van der Waals surface area contributed by atoms with Crippen molar-refractivity contribution in [2.24, 2.45) is 0 Å². The highest BCUT2D eigenvalue weighted by atomic mass is 35.5. The van der Waals surface area contributed by atoms with Crippen molar-refractivity contribution in [1.82, 2.24) is 4.98 Å². The number of rotatable bonds is 3. The lowest BCUT2D eigenvalue weighted by molar-refractivity contribution is -0.137. The number of pyridine rings is 1. The summed E-state index contributed by atoms with van der Waals surface area (Å²) in [4.78, 5) is 36.5. The second kappa shape index (κ2) is 6.13. The lowest BCUT2D eigenvalue weighted by Crippen LogP contribution is -2.25. The summed E-state index contributed by atoms with van der Waals surface area (Å²) in [6, 6.07) is 2.16. The second-order valence-corrected chi connectivity index (χ2v) is 5.23.